The van der Waals surface area contributed by atoms with Crippen molar-refractivity contribution in [1.29, 1.82) is 0 Å². The monoisotopic (exact) mass is 339 g/mol. The normalized spacial score (nSPS) is 10.7. The maximum absolute atomic E-state index is 3.52. The second-order valence-corrected chi connectivity index (χ2v) is 5.77. The van der Waals surface area contributed by atoms with Crippen LogP contribution in [0.1, 0.15) is 24.1 Å². The fourth-order valence-electron chi connectivity index (χ4n) is 1.17. The summed E-state index contributed by atoms with van der Waals surface area (Å²) < 4.78 is 1.23. The molecule has 0 saturated carbocycles. The average molecular weight is 341 g/mol. The summed E-state index contributed by atoms with van der Waals surface area (Å²) in [4.78, 5) is 1.39. The third kappa shape index (κ3) is 4.91. The van der Waals surface area contributed by atoms with Crippen molar-refractivity contribution in [2.45, 2.75) is 25.8 Å². The highest BCUT2D eigenvalue weighted by atomic mass is 79.9. The van der Waals surface area contributed by atoms with Crippen LogP contribution in [0.4, 0.5) is 0 Å². The summed E-state index contributed by atoms with van der Waals surface area (Å²) in [6.07, 6.45) is 3.86. The van der Waals surface area contributed by atoms with Crippen LogP contribution in [-0.4, -0.2) is 11.9 Å². The van der Waals surface area contributed by atoms with Gasteiger partial charge in [0.25, 0.3) is 0 Å². The number of halogens is 2. The Morgan fingerprint density at radius 2 is 2.14 bits per heavy atom. The average Bonchev–Trinajstić information content (AvgIpc) is 2.58. The summed E-state index contributed by atoms with van der Waals surface area (Å²) >= 11 is 8.76. The van der Waals surface area contributed by atoms with Gasteiger partial charge < -0.3 is 5.32 Å². The van der Waals surface area contributed by atoms with Crippen molar-refractivity contribution in [3.63, 3.8) is 0 Å². The fraction of sp³-hybridized carbons (Fsp3) is 0.600. The largest absolute Gasteiger partial charge is 0.312 e. The second kappa shape index (κ2) is 7.85. The van der Waals surface area contributed by atoms with Crippen molar-refractivity contribution < 1.29 is 0 Å². The smallest absolute Gasteiger partial charge is 0.0327 e. The van der Waals surface area contributed by atoms with Crippen molar-refractivity contribution in [2.75, 3.05) is 11.9 Å². The molecule has 0 fully saturated rings. The van der Waals surface area contributed by atoms with Gasteiger partial charge in [0, 0.05) is 21.2 Å². The van der Waals surface area contributed by atoms with E-state index in [2.05, 4.69) is 48.6 Å². The highest BCUT2D eigenvalue weighted by molar-refractivity contribution is 9.10. The molecule has 0 atom stereocenters. The Morgan fingerprint density at radius 3 is 2.79 bits per heavy atom. The van der Waals surface area contributed by atoms with E-state index in [4.69, 9.17) is 0 Å². The van der Waals surface area contributed by atoms with Gasteiger partial charge in [0.15, 0.2) is 0 Å². The van der Waals surface area contributed by atoms with E-state index >= 15 is 0 Å². The number of rotatable bonds is 7. The molecule has 0 bridgehead atoms. The lowest BCUT2D eigenvalue weighted by atomic mass is 10.2. The molecule has 1 aromatic heterocycles. The Kier molecular flexibility index (Phi) is 7.12. The van der Waals surface area contributed by atoms with Crippen molar-refractivity contribution in [3.05, 3.63) is 20.8 Å². The summed E-state index contributed by atoms with van der Waals surface area (Å²) in [6.45, 7) is 2.11. The van der Waals surface area contributed by atoms with Gasteiger partial charge in [0.2, 0.25) is 0 Å². The third-order valence-corrected chi connectivity index (χ3v) is 4.45. The van der Waals surface area contributed by atoms with E-state index in [9.17, 15) is 0 Å². The standard InChI is InChI=1S/C10H15Br2NS/c11-5-2-1-3-6-13-8-10-9(12)4-7-14-10/h4,7,13H,1-3,5-6,8H2. The molecule has 1 nitrogen and oxygen atoms in total. The summed E-state index contributed by atoms with van der Waals surface area (Å²) in [5, 5.41) is 6.70. The summed E-state index contributed by atoms with van der Waals surface area (Å²) in [5.41, 5.74) is 0. The first-order chi connectivity index (χ1) is 6.84. The van der Waals surface area contributed by atoms with E-state index in [1.165, 1.54) is 28.6 Å². The van der Waals surface area contributed by atoms with Crippen LogP contribution in [0.2, 0.25) is 0 Å². The third-order valence-electron chi connectivity index (χ3n) is 1.96. The predicted octanol–water partition coefficient (Wildman–Crippen LogP) is 4.17. The molecule has 1 aromatic rings. The molecule has 0 aliphatic heterocycles. The minimum atomic E-state index is 0.993. The molecule has 1 heterocycles. The minimum Gasteiger partial charge on any atom is -0.312 e. The Morgan fingerprint density at radius 1 is 1.29 bits per heavy atom. The van der Waals surface area contributed by atoms with E-state index in [-0.39, 0.29) is 0 Å². The van der Waals surface area contributed by atoms with Crippen LogP contribution in [0.3, 0.4) is 0 Å². The number of unbranched alkanes of at least 4 members (excludes halogenated alkanes) is 2. The number of hydrogen-bond donors (Lipinski definition) is 1. The van der Waals surface area contributed by atoms with Gasteiger partial charge in [0.05, 0.1) is 0 Å². The SMILES string of the molecule is BrCCCCCNCc1sccc1Br. The number of alkyl halides is 1. The molecule has 1 N–H and O–H groups in total. The maximum atomic E-state index is 3.52. The lowest BCUT2D eigenvalue weighted by molar-refractivity contribution is 0.622. The van der Waals surface area contributed by atoms with Crippen LogP contribution in [0, 0.1) is 0 Å². The van der Waals surface area contributed by atoms with E-state index in [1.807, 2.05) is 0 Å². The molecule has 0 aliphatic carbocycles. The van der Waals surface area contributed by atoms with E-state index < -0.39 is 0 Å². The van der Waals surface area contributed by atoms with E-state index in [0.29, 0.717) is 0 Å². The molecular formula is C10H15Br2NS. The quantitative estimate of drug-likeness (QED) is 0.580. The van der Waals surface area contributed by atoms with Crippen molar-refractivity contribution in [2.24, 2.45) is 0 Å². The van der Waals surface area contributed by atoms with E-state index in [0.717, 1.165) is 18.4 Å². The summed E-state index contributed by atoms with van der Waals surface area (Å²) in [7, 11) is 0. The Balaban J connectivity index is 2.02. The van der Waals surface area contributed by atoms with Crippen LogP contribution < -0.4 is 5.32 Å². The van der Waals surface area contributed by atoms with Gasteiger partial charge in [0.1, 0.15) is 0 Å². The Hall–Kier alpha value is 0.620. The molecule has 0 spiro atoms. The van der Waals surface area contributed by atoms with E-state index in [1.54, 1.807) is 11.3 Å². The van der Waals surface area contributed by atoms with Crippen LogP contribution in [0.25, 0.3) is 0 Å². The first kappa shape index (κ1) is 12.7. The number of hydrogen-bond acceptors (Lipinski definition) is 2. The molecule has 0 aromatic carbocycles. The Bertz CT molecular complexity index is 250. The Labute approximate surface area is 107 Å². The molecule has 0 saturated heterocycles. The number of thiophene rings is 1. The molecular weight excluding hydrogens is 326 g/mol. The molecule has 80 valence electrons. The zero-order chi connectivity index (χ0) is 10.2. The topological polar surface area (TPSA) is 12.0 Å². The minimum absolute atomic E-state index is 0.993. The van der Waals surface area contributed by atoms with Gasteiger partial charge in [-0.25, -0.2) is 0 Å². The van der Waals surface area contributed by atoms with Gasteiger partial charge in [-0.3, -0.25) is 0 Å². The van der Waals surface area contributed by atoms with Gasteiger partial charge in [-0.2, -0.15) is 0 Å². The first-order valence-corrected chi connectivity index (χ1v) is 7.62. The molecule has 0 unspecified atom stereocenters. The molecule has 0 amide bonds. The van der Waals surface area contributed by atoms with Gasteiger partial charge in [-0.15, -0.1) is 11.3 Å². The zero-order valence-corrected chi connectivity index (χ0v) is 12.1. The van der Waals surface area contributed by atoms with Gasteiger partial charge in [-0.1, -0.05) is 22.4 Å². The van der Waals surface area contributed by atoms with Crippen LogP contribution in [0.5, 0.6) is 0 Å². The highest BCUT2D eigenvalue weighted by Crippen LogP contribution is 2.21. The summed E-state index contributed by atoms with van der Waals surface area (Å²) in [6, 6.07) is 2.10. The fourth-order valence-corrected chi connectivity index (χ4v) is 3.03. The lowest BCUT2D eigenvalue weighted by Crippen LogP contribution is -2.14. The molecule has 14 heavy (non-hydrogen) atoms. The van der Waals surface area contributed by atoms with Gasteiger partial charge >= 0.3 is 0 Å². The second-order valence-electron chi connectivity index (χ2n) is 3.12. The molecule has 4 heteroatoms. The van der Waals surface area contributed by atoms with Crippen molar-refractivity contribution in [1.82, 2.24) is 5.32 Å². The van der Waals surface area contributed by atoms with Gasteiger partial charge in [-0.05, 0) is 46.8 Å². The predicted molar refractivity (Wildman–Crippen MR) is 71.4 cm³/mol. The zero-order valence-electron chi connectivity index (χ0n) is 8.06. The number of nitrogens with one attached hydrogen (secondary N) is 1. The summed E-state index contributed by atoms with van der Waals surface area (Å²) in [5.74, 6) is 0. The van der Waals surface area contributed by atoms with Crippen LogP contribution in [0.15, 0.2) is 15.9 Å². The molecule has 0 aliphatic rings. The maximum Gasteiger partial charge on any atom is 0.0327 e. The molecule has 0 radical (unpaired) electrons. The van der Waals surface area contributed by atoms with Crippen LogP contribution in [-0.2, 0) is 6.54 Å². The van der Waals surface area contributed by atoms with Crippen LogP contribution >= 0.6 is 43.2 Å². The highest BCUT2D eigenvalue weighted by Gasteiger charge is 1.99. The van der Waals surface area contributed by atoms with Crippen molar-refractivity contribution in [3.8, 4) is 0 Å². The van der Waals surface area contributed by atoms with Crippen molar-refractivity contribution >= 4 is 43.2 Å². The first-order valence-electron chi connectivity index (χ1n) is 4.83. The molecule has 1 rings (SSSR count). The lowest BCUT2D eigenvalue weighted by Gasteiger charge is -2.02.